The van der Waals surface area contributed by atoms with Gasteiger partial charge in [0.15, 0.2) is 0 Å². The average molecular weight is 258 g/mol. The Morgan fingerprint density at radius 2 is 1.88 bits per heavy atom. The molecule has 0 aromatic carbocycles. The molecule has 100 valence electrons. The number of hydrogen-bond acceptors (Lipinski definition) is 3. The summed E-state index contributed by atoms with van der Waals surface area (Å²) in [6.45, 7) is 5.10. The van der Waals surface area contributed by atoms with Crippen LogP contribution in [0.3, 0.4) is 0 Å². The van der Waals surface area contributed by atoms with Gasteiger partial charge in [0.1, 0.15) is 0 Å². The fourth-order valence-corrected chi connectivity index (χ4v) is 3.31. The lowest BCUT2D eigenvalue weighted by Crippen LogP contribution is -2.54. The molecule has 0 radical (unpaired) electrons. The van der Waals surface area contributed by atoms with Crippen molar-refractivity contribution in [1.82, 2.24) is 5.32 Å². The summed E-state index contributed by atoms with van der Waals surface area (Å²) >= 11 is 1.85. The van der Waals surface area contributed by atoms with Gasteiger partial charge in [-0.05, 0) is 31.9 Å². The SMILES string of the molecule is CCC(CC)(CNC(=O)C1(N)CCCC1)SC. The second kappa shape index (κ2) is 6.10. The fourth-order valence-electron chi connectivity index (χ4n) is 2.51. The molecule has 3 nitrogen and oxygen atoms in total. The maximum atomic E-state index is 12.1. The maximum absolute atomic E-state index is 12.1. The highest BCUT2D eigenvalue weighted by Crippen LogP contribution is 2.31. The van der Waals surface area contributed by atoms with Crippen molar-refractivity contribution in [2.24, 2.45) is 5.73 Å². The third-order valence-corrected chi connectivity index (χ3v) is 5.83. The minimum absolute atomic E-state index is 0.0512. The molecule has 3 N–H and O–H groups in total. The van der Waals surface area contributed by atoms with E-state index >= 15 is 0 Å². The van der Waals surface area contributed by atoms with E-state index in [0.717, 1.165) is 45.1 Å². The summed E-state index contributed by atoms with van der Waals surface area (Å²) < 4.78 is 0.171. The molecule has 1 amide bonds. The standard InChI is InChI=1S/C13H26N2OS/c1-4-12(5-2,17-3)10-15-11(16)13(14)8-6-7-9-13/h4-10,14H2,1-3H3,(H,15,16). The van der Waals surface area contributed by atoms with E-state index in [2.05, 4.69) is 25.4 Å². The zero-order chi connectivity index (χ0) is 12.9. The van der Waals surface area contributed by atoms with Crippen molar-refractivity contribution in [3.8, 4) is 0 Å². The summed E-state index contributed by atoms with van der Waals surface area (Å²) in [5.74, 6) is 0.0512. The first-order valence-electron chi connectivity index (χ1n) is 6.64. The predicted molar refractivity (Wildman–Crippen MR) is 75.2 cm³/mol. The van der Waals surface area contributed by atoms with Crippen LogP contribution in [0.15, 0.2) is 0 Å². The highest BCUT2D eigenvalue weighted by molar-refractivity contribution is 8.00. The third-order valence-electron chi connectivity index (χ3n) is 4.24. The molecule has 0 unspecified atom stereocenters. The molecule has 17 heavy (non-hydrogen) atoms. The summed E-state index contributed by atoms with van der Waals surface area (Å²) in [5, 5.41) is 3.07. The summed E-state index contributed by atoms with van der Waals surface area (Å²) in [6, 6.07) is 0. The lowest BCUT2D eigenvalue weighted by atomic mass is 9.96. The number of hydrogen-bond donors (Lipinski definition) is 2. The normalized spacial score (nSPS) is 19.3. The van der Waals surface area contributed by atoms with Crippen LogP contribution < -0.4 is 11.1 Å². The van der Waals surface area contributed by atoms with Crippen molar-refractivity contribution < 1.29 is 4.79 Å². The Balaban J connectivity index is 2.52. The molecule has 1 fully saturated rings. The molecule has 0 aromatic heterocycles. The number of nitrogens with two attached hydrogens (primary N) is 1. The van der Waals surface area contributed by atoms with E-state index < -0.39 is 5.54 Å². The summed E-state index contributed by atoms with van der Waals surface area (Å²) in [5.41, 5.74) is 5.55. The molecule has 0 aliphatic heterocycles. The van der Waals surface area contributed by atoms with Crippen molar-refractivity contribution in [3.63, 3.8) is 0 Å². The minimum atomic E-state index is -0.592. The average Bonchev–Trinajstić information content (AvgIpc) is 2.80. The second-order valence-electron chi connectivity index (χ2n) is 5.14. The third kappa shape index (κ3) is 3.38. The summed E-state index contributed by atoms with van der Waals surface area (Å²) in [6.07, 6.45) is 8.10. The van der Waals surface area contributed by atoms with Crippen LogP contribution in [-0.4, -0.2) is 29.0 Å². The van der Waals surface area contributed by atoms with Crippen molar-refractivity contribution in [2.45, 2.75) is 62.7 Å². The largest absolute Gasteiger partial charge is 0.353 e. The van der Waals surface area contributed by atoms with Gasteiger partial charge < -0.3 is 11.1 Å². The molecule has 0 atom stereocenters. The van der Waals surface area contributed by atoms with E-state index in [4.69, 9.17) is 5.73 Å². The molecule has 1 saturated carbocycles. The molecular weight excluding hydrogens is 232 g/mol. The Labute approximate surface area is 109 Å². The van der Waals surface area contributed by atoms with E-state index in [1.807, 2.05) is 11.8 Å². The number of nitrogens with one attached hydrogen (secondary N) is 1. The number of rotatable bonds is 6. The molecule has 1 aliphatic rings. The lowest BCUT2D eigenvalue weighted by molar-refractivity contribution is -0.126. The van der Waals surface area contributed by atoms with Gasteiger partial charge in [0.2, 0.25) is 5.91 Å². The molecule has 4 heteroatoms. The van der Waals surface area contributed by atoms with Crippen molar-refractivity contribution in [1.29, 1.82) is 0 Å². The summed E-state index contributed by atoms with van der Waals surface area (Å²) in [4.78, 5) is 12.1. The Hall–Kier alpha value is -0.220. The number of carbonyl (C=O) groups excluding carboxylic acids is 1. The number of thioether (sulfide) groups is 1. The van der Waals surface area contributed by atoms with Crippen LogP contribution >= 0.6 is 11.8 Å². The smallest absolute Gasteiger partial charge is 0.240 e. The Kier molecular flexibility index (Phi) is 5.32. The molecule has 0 spiro atoms. The van der Waals surface area contributed by atoms with Crippen molar-refractivity contribution >= 4 is 17.7 Å². The minimum Gasteiger partial charge on any atom is -0.353 e. The lowest BCUT2D eigenvalue weighted by Gasteiger charge is -2.32. The Morgan fingerprint density at radius 3 is 2.29 bits per heavy atom. The molecule has 0 bridgehead atoms. The van der Waals surface area contributed by atoms with E-state index in [0.29, 0.717) is 0 Å². The topological polar surface area (TPSA) is 55.1 Å². The highest BCUT2D eigenvalue weighted by atomic mass is 32.2. The maximum Gasteiger partial charge on any atom is 0.240 e. The van der Waals surface area contributed by atoms with Crippen LogP contribution in [0.25, 0.3) is 0 Å². The first kappa shape index (κ1) is 14.8. The molecule has 0 heterocycles. The van der Waals surface area contributed by atoms with Gasteiger partial charge in [0.05, 0.1) is 5.54 Å². The van der Waals surface area contributed by atoms with Crippen LogP contribution in [-0.2, 0) is 4.79 Å². The van der Waals surface area contributed by atoms with Gasteiger partial charge in [-0.25, -0.2) is 0 Å². The van der Waals surface area contributed by atoms with Gasteiger partial charge >= 0.3 is 0 Å². The van der Waals surface area contributed by atoms with Gasteiger partial charge in [-0.15, -0.1) is 0 Å². The van der Waals surface area contributed by atoms with Crippen molar-refractivity contribution in [3.05, 3.63) is 0 Å². The van der Waals surface area contributed by atoms with Crippen LogP contribution in [0.1, 0.15) is 52.4 Å². The fraction of sp³-hybridized carbons (Fsp3) is 0.923. The first-order valence-corrected chi connectivity index (χ1v) is 7.87. The second-order valence-corrected chi connectivity index (χ2v) is 6.41. The van der Waals surface area contributed by atoms with Gasteiger partial charge in [-0.3, -0.25) is 4.79 Å². The zero-order valence-electron chi connectivity index (χ0n) is 11.3. The van der Waals surface area contributed by atoms with Gasteiger partial charge in [0.25, 0.3) is 0 Å². The van der Waals surface area contributed by atoms with E-state index in [1.54, 1.807) is 0 Å². The quantitative estimate of drug-likeness (QED) is 0.768. The van der Waals surface area contributed by atoms with E-state index in [1.165, 1.54) is 0 Å². The first-order chi connectivity index (χ1) is 8.02. The van der Waals surface area contributed by atoms with E-state index in [-0.39, 0.29) is 10.7 Å². The van der Waals surface area contributed by atoms with E-state index in [9.17, 15) is 4.79 Å². The van der Waals surface area contributed by atoms with Crippen LogP contribution in [0.5, 0.6) is 0 Å². The van der Waals surface area contributed by atoms with Gasteiger partial charge in [-0.2, -0.15) is 11.8 Å². The summed E-state index contributed by atoms with van der Waals surface area (Å²) in [7, 11) is 0. The molecule has 0 aromatic rings. The predicted octanol–water partition coefficient (Wildman–Crippen LogP) is 2.30. The van der Waals surface area contributed by atoms with Crippen LogP contribution in [0, 0.1) is 0 Å². The zero-order valence-corrected chi connectivity index (χ0v) is 12.2. The molecule has 0 saturated heterocycles. The molecule has 1 rings (SSSR count). The highest BCUT2D eigenvalue weighted by Gasteiger charge is 2.38. The number of amides is 1. The van der Waals surface area contributed by atoms with Crippen LogP contribution in [0.4, 0.5) is 0 Å². The molecule has 1 aliphatic carbocycles. The van der Waals surface area contributed by atoms with Crippen molar-refractivity contribution in [2.75, 3.05) is 12.8 Å². The molecular formula is C13H26N2OS. The Bertz CT molecular complexity index is 250. The monoisotopic (exact) mass is 258 g/mol. The van der Waals surface area contributed by atoms with Crippen LogP contribution in [0.2, 0.25) is 0 Å². The van der Waals surface area contributed by atoms with Gasteiger partial charge in [-0.1, -0.05) is 26.7 Å². The Morgan fingerprint density at radius 1 is 1.35 bits per heavy atom. The number of carbonyl (C=O) groups is 1. The van der Waals surface area contributed by atoms with Gasteiger partial charge in [0, 0.05) is 11.3 Å².